The van der Waals surface area contributed by atoms with Crippen LogP contribution in [0.3, 0.4) is 0 Å². The third-order valence-corrected chi connectivity index (χ3v) is 0.346. The topological polar surface area (TPSA) is 55.1 Å². The Morgan fingerprint density at radius 3 is 2.50 bits per heavy atom. The second-order valence-electron chi connectivity index (χ2n) is 0.772. The molecule has 0 aliphatic heterocycles. The Bertz CT molecular complexity index is 49.5. The molecule has 0 aliphatic rings. The lowest BCUT2D eigenvalue weighted by molar-refractivity contribution is -0.118. The van der Waals surface area contributed by atoms with Crippen molar-refractivity contribution in [1.29, 1.82) is 0 Å². The molecule has 0 heterocycles. The van der Waals surface area contributed by atoms with Gasteiger partial charge in [-0.25, -0.2) is 5.84 Å². The molecule has 4 heteroatoms. The second kappa shape index (κ2) is 2.72. The van der Waals surface area contributed by atoms with E-state index in [0.717, 1.165) is 0 Å². The number of hydrazine groups is 1. The lowest BCUT2D eigenvalue weighted by atomic mass is 10.1. The minimum absolute atomic E-state index is 0.0451. The molecule has 0 unspecified atom stereocenters. The van der Waals surface area contributed by atoms with Crippen molar-refractivity contribution in [1.82, 2.24) is 5.43 Å². The van der Waals surface area contributed by atoms with E-state index in [1.54, 1.807) is 0 Å². The summed E-state index contributed by atoms with van der Waals surface area (Å²) in [6, 6.07) is 0. The van der Waals surface area contributed by atoms with Gasteiger partial charge in [-0.1, -0.05) is 0 Å². The molecule has 0 saturated heterocycles. The van der Waals surface area contributed by atoms with Gasteiger partial charge in [0.25, 0.3) is 0 Å². The van der Waals surface area contributed by atoms with Gasteiger partial charge in [0.15, 0.2) is 0 Å². The first-order valence-corrected chi connectivity index (χ1v) is 1.50. The Hall–Kier alpha value is -0.505. The lowest BCUT2D eigenvalue weighted by Gasteiger charge is -1.87. The summed E-state index contributed by atoms with van der Waals surface area (Å²) < 4.78 is 0. The van der Waals surface area contributed by atoms with Crippen molar-refractivity contribution < 1.29 is 4.79 Å². The molecule has 3 N–H and O–H groups in total. The Labute approximate surface area is 37.3 Å². The molecule has 0 bridgehead atoms. The van der Waals surface area contributed by atoms with Gasteiger partial charge in [0, 0.05) is 0 Å². The molecule has 0 spiro atoms. The zero-order valence-corrected chi connectivity index (χ0v) is 3.27. The first-order valence-electron chi connectivity index (χ1n) is 1.50. The molecule has 2 radical (unpaired) electrons. The largest absolute Gasteiger partial charge is 0.295 e. The van der Waals surface area contributed by atoms with Gasteiger partial charge in [0.05, 0.1) is 7.85 Å². The number of nitrogens with two attached hydrogens (primary N) is 1. The summed E-state index contributed by atoms with van der Waals surface area (Å²) in [4.78, 5) is 9.82. The van der Waals surface area contributed by atoms with Gasteiger partial charge < -0.3 is 0 Å². The van der Waals surface area contributed by atoms with Crippen LogP contribution in [0, 0.1) is 0 Å². The molecule has 1 amide bonds. The summed E-state index contributed by atoms with van der Waals surface area (Å²) in [5, 5.41) is 0. The third-order valence-electron chi connectivity index (χ3n) is 0.346. The molecule has 0 aliphatic carbocycles. The summed E-state index contributed by atoms with van der Waals surface area (Å²) in [5.41, 5.74) is 1.85. The summed E-state index contributed by atoms with van der Waals surface area (Å²) in [5.74, 6) is 4.25. The smallest absolute Gasteiger partial charge is 0.225 e. The van der Waals surface area contributed by atoms with Crippen molar-refractivity contribution >= 4 is 13.8 Å². The Morgan fingerprint density at radius 2 is 2.50 bits per heavy atom. The average Bonchev–Trinajstić information content (AvgIpc) is 1.65. The first kappa shape index (κ1) is 5.49. The number of hydrogen-bond donors (Lipinski definition) is 2. The van der Waals surface area contributed by atoms with Crippen LogP contribution in [0.1, 0.15) is 0 Å². The SMILES string of the molecule is [B]CC(=O)NN. The number of carbonyl (C=O) groups is 1. The number of carbonyl (C=O) groups excluding carboxylic acids is 1. The number of rotatable bonds is 1. The highest BCUT2D eigenvalue weighted by molar-refractivity contribution is 6.19. The van der Waals surface area contributed by atoms with E-state index in [4.69, 9.17) is 7.85 Å². The number of amides is 1. The standard InChI is InChI=1S/C2H5BN2O/c3-1-2(6)5-4/h1,4H2,(H,5,6). The Morgan fingerprint density at radius 1 is 2.00 bits per heavy atom. The van der Waals surface area contributed by atoms with Gasteiger partial charge in [0.2, 0.25) is 5.91 Å². The summed E-state index contributed by atoms with van der Waals surface area (Å²) in [6.07, 6.45) is -0.0451. The highest BCUT2D eigenvalue weighted by Crippen LogP contribution is 1.62. The van der Waals surface area contributed by atoms with Crippen molar-refractivity contribution in [2.24, 2.45) is 5.84 Å². The molecule has 0 aromatic rings. The second-order valence-corrected chi connectivity index (χ2v) is 0.772. The number of hydrogen-bond acceptors (Lipinski definition) is 2. The third kappa shape index (κ3) is 1.78. The Kier molecular flexibility index (Phi) is 2.49. The molecule has 0 aromatic heterocycles. The monoisotopic (exact) mass is 84.0 g/mol. The van der Waals surface area contributed by atoms with Gasteiger partial charge in [-0.2, -0.15) is 0 Å². The molecular formula is C2H5BN2O. The van der Waals surface area contributed by atoms with Gasteiger partial charge in [-0.15, -0.1) is 0 Å². The van der Waals surface area contributed by atoms with E-state index in [0.29, 0.717) is 0 Å². The van der Waals surface area contributed by atoms with Crippen molar-refractivity contribution in [2.45, 2.75) is 6.32 Å². The van der Waals surface area contributed by atoms with Crippen LogP contribution in [0.5, 0.6) is 0 Å². The van der Waals surface area contributed by atoms with Gasteiger partial charge >= 0.3 is 0 Å². The van der Waals surface area contributed by atoms with Gasteiger partial charge in [-0.3, -0.25) is 10.2 Å². The normalized spacial score (nSPS) is 7.50. The molecule has 0 aromatic carbocycles. The zero-order chi connectivity index (χ0) is 4.99. The highest BCUT2D eigenvalue weighted by Gasteiger charge is 1.84. The van der Waals surface area contributed by atoms with E-state index in [1.165, 1.54) is 0 Å². The molecule has 3 nitrogen and oxygen atoms in total. The summed E-state index contributed by atoms with van der Waals surface area (Å²) in [7, 11) is 4.79. The highest BCUT2D eigenvalue weighted by atomic mass is 16.2. The fourth-order valence-electron chi connectivity index (χ4n) is 0.0589. The zero-order valence-electron chi connectivity index (χ0n) is 3.27. The van der Waals surface area contributed by atoms with Crippen LogP contribution in [0.4, 0.5) is 0 Å². The van der Waals surface area contributed by atoms with E-state index in [2.05, 4.69) is 5.84 Å². The van der Waals surface area contributed by atoms with Crippen LogP contribution >= 0.6 is 0 Å². The molecule has 0 saturated carbocycles. The maximum atomic E-state index is 9.82. The van der Waals surface area contributed by atoms with E-state index < -0.39 is 0 Å². The van der Waals surface area contributed by atoms with E-state index in [-0.39, 0.29) is 12.2 Å². The molecule has 6 heavy (non-hydrogen) atoms. The van der Waals surface area contributed by atoms with Gasteiger partial charge in [-0.05, 0) is 6.32 Å². The van der Waals surface area contributed by atoms with Crippen LogP contribution < -0.4 is 11.3 Å². The van der Waals surface area contributed by atoms with Crippen LogP contribution in [-0.2, 0) is 4.79 Å². The lowest BCUT2D eigenvalue weighted by Crippen LogP contribution is -2.29. The van der Waals surface area contributed by atoms with Crippen LogP contribution in [-0.4, -0.2) is 13.8 Å². The minimum Gasteiger partial charge on any atom is -0.295 e. The maximum Gasteiger partial charge on any atom is 0.225 e. The van der Waals surface area contributed by atoms with E-state index in [1.807, 2.05) is 5.43 Å². The molecule has 0 atom stereocenters. The predicted molar refractivity (Wildman–Crippen MR) is 22.9 cm³/mol. The van der Waals surface area contributed by atoms with Crippen molar-refractivity contribution in [3.8, 4) is 0 Å². The summed E-state index contributed by atoms with van der Waals surface area (Å²) >= 11 is 0. The van der Waals surface area contributed by atoms with Crippen molar-refractivity contribution in [3.05, 3.63) is 0 Å². The molecule has 0 rings (SSSR count). The molecule has 0 fully saturated rings. The van der Waals surface area contributed by atoms with Crippen LogP contribution in [0.15, 0.2) is 0 Å². The van der Waals surface area contributed by atoms with Gasteiger partial charge in [0.1, 0.15) is 0 Å². The first-order chi connectivity index (χ1) is 2.81. The minimum atomic E-state index is -0.352. The number of nitrogens with one attached hydrogen (secondary N) is 1. The van der Waals surface area contributed by atoms with Crippen LogP contribution in [0.25, 0.3) is 0 Å². The fraction of sp³-hybridized carbons (Fsp3) is 0.500. The quantitative estimate of drug-likeness (QED) is 0.177. The van der Waals surface area contributed by atoms with E-state index in [9.17, 15) is 4.79 Å². The van der Waals surface area contributed by atoms with Crippen LogP contribution in [0.2, 0.25) is 6.32 Å². The average molecular weight is 83.9 g/mol. The molecule has 32 valence electrons. The van der Waals surface area contributed by atoms with E-state index >= 15 is 0 Å². The van der Waals surface area contributed by atoms with Crippen molar-refractivity contribution in [2.75, 3.05) is 0 Å². The molecular weight excluding hydrogens is 78.8 g/mol. The fourth-order valence-corrected chi connectivity index (χ4v) is 0.0589. The summed E-state index contributed by atoms with van der Waals surface area (Å²) in [6.45, 7) is 0. The van der Waals surface area contributed by atoms with Crippen molar-refractivity contribution in [3.63, 3.8) is 0 Å². The predicted octanol–water partition coefficient (Wildman–Crippen LogP) is -1.44. The maximum absolute atomic E-state index is 9.82. The Balaban J connectivity index is 2.99.